The number of hydrogen-bond donors (Lipinski definition) is 1. The Bertz CT molecular complexity index is 379. The lowest BCUT2D eigenvalue weighted by Crippen LogP contribution is -1.97. The maximum Gasteiger partial charge on any atom is 0.303 e. The summed E-state index contributed by atoms with van der Waals surface area (Å²) in [5.41, 5.74) is 0. The van der Waals surface area contributed by atoms with Gasteiger partial charge in [0.25, 0.3) is 0 Å². The van der Waals surface area contributed by atoms with Gasteiger partial charge < -0.3 is 9.84 Å². The van der Waals surface area contributed by atoms with E-state index in [1.807, 2.05) is 0 Å². The van der Waals surface area contributed by atoms with E-state index in [4.69, 9.17) is 9.84 Å². The Morgan fingerprint density at radius 1 is 0.405 bits per heavy atom. The molecule has 3 nitrogen and oxygen atoms in total. The highest BCUT2D eigenvalue weighted by atomic mass is 16.5. The molecule has 37 heavy (non-hydrogen) atoms. The first-order valence-electron chi connectivity index (χ1n) is 17.0. The van der Waals surface area contributed by atoms with Crippen LogP contribution in [0.5, 0.6) is 0 Å². The highest BCUT2D eigenvalue weighted by molar-refractivity contribution is 5.66. The van der Waals surface area contributed by atoms with E-state index in [-0.39, 0.29) is 0 Å². The van der Waals surface area contributed by atoms with Gasteiger partial charge in [0.15, 0.2) is 0 Å². The van der Waals surface area contributed by atoms with Crippen molar-refractivity contribution in [3.63, 3.8) is 0 Å². The van der Waals surface area contributed by atoms with Crippen molar-refractivity contribution in [2.75, 3.05) is 13.2 Å². The molecule has 0 bridgehead atoms. The van der Waals surface area contributed by atoms with Crippen LogP contribution < -0.4 is 0 Å². The minimum Gasteiger partial charge on any atom is -0.481 e. The Balaban J connectivity index is 0. The van der Waals surface area contributed by atoms with Gasteiger partial charge in [-0.25, -0.2) is 0 Å². The molecule has 0 aliphatic heterocycles. The molecule has 0 aromatic carbocycles. The van der Waals surface area contributed by atoms with E-state index in [0.29, 0.717) is 6.42 Å². The van der Waals surface area contributed by atoms with Gasteiger partial charge in [0, 0.05) is 19.6 Å². The average molecular weight is 527 g/mol. The van der Waals surface area contributed by atoms with Gasteiger partial charge in [0.05, 0.1) is 0 Å². The van der Waals surface area contributed by atoms with Crippen molar-refractivity contribution in [1.82, 2.24) is 0 Å². The summed E-state index contributed by atoms with van der Waals surface area (Å²) < 4.78 is 5.71. The lowest BCUT2D eigenvalue weighted by Gasteiger charge is -2.05. The van der Waals surface area contributed by atoms with Crippen LogP contribution in [0.4, 0.5) is 0 Å². The van der Waals surface area contributed by atoms with E-state index in [1.165, 1.54) is 161 Å². The maximum atomic E-state index is 10.3. The van der Waals surface area contributed by atoms with Crippen LogP contribution >= 0.6 is 0 Å². The fourth-order valence-corrected chi connectivity index (χ4v) is 4.72. The van der Waals surface area contributed by atoms with Crippen molar-refractivity contribution in [3.8, 4) is 0 Å². The minimum absolute atomic E-state index is 0.344. The largest absolute Gasteiger partial charge is 0.481 e. The summed E-state index contributed by atoms with van der Waals surface area (Å²) in [6, 6.07) is 0. The van der Waals surface area contributed by atoms with Gasteiger partial charge in [-0.05, 0) is 19.3 Å². The Morgan fingerprint density at radius 2 is 0.649 bits per heavy atom. The lowest BCUT2D eigenvalue weighted by molar-refractivity contribution is -0.137. The highest BCUT2D eigenvalue weighted by Gasteiger charge is 1.97. The zero-order valence-corrected chi connectivity index (χ0v) is 26.0. The van der Waals surface area contributed by atoms with Crippen molar-refractivity contribution in [1.29, 1.82) is 0 Å². The first kappa shape index (κ1) is 38.6. The topological polar surface area (TPSA) is 46.5 Å². The molecule has 0 saturated carbocycles. The van der Waals surface area contributed by atoms with Crippen molar-refractivity contribution in [2.45, 2.75) is 201 Å². The van der Waals surface area contributed by atoms with Crippen LogP contribution in [0.3, 0.4) is 0 Å². The number of unbranched alkanes of at least 4 members (excludes halogenated alkanes) is 24. The van der Waals surface area contributed by atoms with Gasteiger partial charge in [0.2, 0.25) is 0 Å². The standard InChI is InChI=1S/C20H42O.C14H28O2/c1-3-5-7-9-11-12-13-14-16-18-20-21-19-17-15-10-8-6-4-2;1-2-3-4-5-6-7-8-9-10-11-12-13-14(15)16/h3-20H2,1-2H3;2-13H2,1H3,(H,15,16). The Hall–Kier alpha value is -0.570. The Labute approximate surface area is 234 Å². The van der Waals surface area contributed by atoms with Gasteiger partial charge >= 0.3 is 5.97 Å². The second-order valence-electron chi connectivity index (χ2n) is 11.2. The molecule has 0 rings (SSSR count). The normalized spacial score (nSPS) is 10.9. The molecule has 0 unspecified atom stereocenters. The number of aliphatic carboxylic acids is 1. The third kappa shape index (κ3) is 42.8. The third-order valence-electron chi connectivity index (χ3n) is 7.28. The van der Waals surface area contributed by atoms with Crippen molar-refractivity contribution in [2.24, 2.45) is 0 Å². The zero-order chi connectivity index (χ0) is 27.5. The van der Waals surface area contributed by atoms with Crippen molar-refractivity contribution >= 4 is 5.97 Å². The van der Waals surface area contributed by atoms with Crippen molar-refractivity contribution < 1.29 is 14.6 Å². The molecular weight excluding hydrogens is 456 g/mol. The summed E-state index contributed by atoms with van der Waals surface area (Å²) >= 11 is 0. The second kappa shape index (κ2) is 37.6. The van der Waals surface area contributed by atoms with Crippen LogP contribution in [0.1, 0.15) is 201 Å². The quantitative estimate of drug-likeness (QED) is 0.0946. The number of carbonyl (C=O) groups is 1. The molecule has 0 atom stereocenters. The molecule has 0 saturated heterocycles. The molecule has 1 N–H and O–H groups in total. The number of ether oxygens (including phenoxy) is 1. The van der Waals surface area contributed by atoms with E-state index in [9.17, 15) is 4.79 Å². The van der Waals surface area contributed by atoms with Crippen LogP contribution in [0.15, 0.2) is 0 Å². The van der Waals surface area contributed by atoms with Gasteiger partial charge in [-0.2, -0.15) is 0 Å². The van der Waals surface area contributed by atoms with Crippen LogP contribution in [0.25, 0.3) is 0 Å². The summed E-state index contributed by atoms with van der Waals surface area (Å²) in [7, 11) is 0. The summed E-state index contributed by atoms with van der Waals surface area (Å²) in [4.78, 5) is 10.3. The molecule has 0 spiro atoms. The molecule has 224 valence electrons. The van der Waals surface area contributed by atoms with E-state index >= 15 is 0 Å². The molecule has 3 heteroatoms. The molecule has 0 aromatic rings. The van der Waals surface area contributed by atoms with Gasteiger partial charge in [-0.1, -0.05) is 175 Å². The summed E-state index contributed by atoms with van der Waals surface area (Å²) in [6.07, 6.45) is 36.6. The molecule has 0 aromatic heterocycles. The van der Waals surface area contributed by atoms with Crippen molar-refractivity contribution in [3.05, 3.63) is 0 Å². The third-order valence-corrected chi connectivity index (χ3v) is 7.28. The number of rotatable bonds is 30. The molecule has 0 amide bonds. The second-order valence-corrected chi connectivity index (χ2v) is 11.2. The number of carboxylic acids is 1. The molecule has 0 aliphatic carbocycles. The summed E-state index contributed by atoms with van der Waals surface area (Å²) in [5, 5.41) is 8.46. The maximum absolute atomic E-state index is 10.3. The van der Waals surface area contributed by atoms with E-state index < -0.39 is 5.97 Å². The SMILES string of the molecule is CCCCCCCCCCCCCC(=O)O.CCCCCCCCCCCCOCCCCCCCC. The smallest absolute Gasteiger partial charge is 0.303 e. The Kier molecular flexibility index (Phi) is 39.2. The summed E-state index contributed by atoms with van der Waals surface area (Å²) in [6.45, 7) is 8.79. The predicted molar refractivity (Wildman–Crippen MR) is 165 cm³/mol. The fraction of sp³-hybridized carbons (Fsp3) is 0.971. The van der Waals surface area contributed by atoms with Crippen LogP contribution in [0, 0.1) is 0 Å². The molecule has 0 fully saturated rings. The van der Waals surface area contributed by atoms with Gasteiger partial charge in [-0.15, -0.1) is 0 Å². The van der Waals surface area contributed by atoms with E-state index in [0.717, 1.165) is 26.1 Å². The predicted octanol–water partition coefficient (Wildman–Crippen LogP) is 12.1. The first-order chi connectivity index (χ1) is 18.2. The molecular formula is C34H70O3. The van der Waals surface area contributed by atoms with E-state index in [2.05, 4.69) is 20.8 Å². The van der Waals surface area contributed by atoms with Crippen LogP contribution in [0.2, 0.25) is 0 Å². The number of carboxylic acid groups (broad SMARTS) is 1. The molecule has 0 heterocycles. The van der Waals surface area contributed by atoms with Crippen LogP contribution in [-0.2, 0) is 9.53 Å². The summed E-state index contributed by atoms with van der Waals surface area (Å²) in [5.74, 6) is -0.657. The lowest BCUT2D eigenvalue weighted by atomic mass is 10.1. The number of hydrogen-bond acceptors (Lipinski definition) is 2. The van der Waals surface area contributed by atoms with Crippen LogP contribution in [-0.4, -0.2) is 24.3 Å². The fourth-order valence-electron chi connectivity index (χ4n) is 4.72. The van der Waals surface area contributed by atoms with Gasteiger partial charge in [0.1, 0.15) is 0 Å². The monoisotopic (exact) mass is 527 g/mol. The molecule has 0 aliphatic rings. The highest BCUT2D eigenvalue weighted by Crippen LogP contribution is 2.12. The van der Waals surface area contributed by atoms with Gasteiger partial charge in [-0.3, -0.25) is 4.79 Å². The van der Waals surface area contributed by atoms with E-state index in [1.54, 1.807) is 0 Å². The Morgan fingerprint density at radius 3 is 0.919 bits per heavy atom. The minimum atomic E-state index is -0.657. The molecule has 0 radical (unpaired) electrons. The first-order valence-corrected chi connectivity index (χ1v) is 17.0. The zero-order valence-electron chi connectivity index (χ0n) is 26.0. The average Bonchev–Trinajstić information content (AvgIpc) is 2.89.